The van der Waals surface area contributed by atoms with Crippen LogP contribution in [0.4, 0.5) is 16.2 Å². The zero-order valence-corrected chi connectivity index (χ0v) is 19.3. The van der Waals surface area contributed by atoms with Gasteiger partial charge in [0.1, 0.15) is 27.8 Å². The third-order valence-electron chi connectivity index (χ3n) is 4.17. The quantitative estimate of drug-likeness (QED) is 0.514. The fraction of sp³-hybridized carbons (Fsp3) is 0.261. The van der Waals surface area contributed by atoms with Crippen LogP contribution >= 0.6 is 11.3 Å². The van der Waals surface area contributed by atoms with Gasteiger partial charge in [0.15, 0.2) is 0 Å². The van der Waals surface area contributed by atoms with Gasteiger partial charge in [-0.25, -0.2) is 9.78 Å². The van der Waals surface area contributed by atoms with Crippen LogP contribution in [0.5, 0.6) is 11.5 Å². The SMILES string of the molecule is COc1ccc(NC(=O)c2csc(-c3ccccc3OC)n2)cc1NC(=O)OC(C)(C)C. The van der Waals surface area contributed by atoms with Gasteiger partial charge in [0.25, 0.3) is 5.91 Å². The maximum atomic E-state index is 12.7. The second kappa shape index (κ2) is 9.69. The molecule has 0 atom stereocenters. The van der Waals surface area contributed by atoms with Crippen molar-refractivity contribution in [3.05, 3.63) is 53.5 Å². The van der Waals surface area contributed by atoms with Crippen molar-refractivity contribution >= 4 is 34.7 Å². The number of nitrogens with zero attached hydrogens (tertiary/aromatic N) is 1. The number of benzene rings is 2. The van der Waals surface area contributed by atoms with Crippen LogP contribution in [-0.4, -0.2) is 36.8 Å². The second-order valence-corrected chi connectivity index (χ2v) is 8.59. The van der Waals surface area contributed by atoms with E-state index in [1.54, 1.807) is 51.5 Å². The lowest BCUT2D eigenvalue weighted by molar-refractivity contribution is 0.0635. The molecule has 8 nitrogen and oxygen atoms in total. The van der Waals surface area contributed by atoms with Crippen LogP contribution in [0.2, 0.25) is 0 Å². The summed E-state index contributed by atoms with van der Waals surface area (Å²) in [5, 5.41) is 7.79. The van der Waals surface area contributed by atoms with E-state index in [2.05, 4.69) is 15.6 Å². The van der Waals surface area contributed by atoms with Crippen molar-refractivity contribution < 1.29 is 23.8 Å². The molecule has 0 bridgehead atoms. The van der Waals surface area contributed by atoms with Gasteiger partial charge in [-0.05, 0) is 51.1 Å². The molecule has 168 valence electrons. The summed E-state index contributed by atoms with van der Waals surface area (Å²) in [6.45, 7) is 5.31. The van der Waals surface area contributed by atoms with Crippen LogP contribution < -0.4 is 20.1 Å². The van der Waals surface area contributed by atoms with Crippen LogP contribution in [0, 0.1) is 0 Å². The van der Waals surface area contributed by atoms with Gasteiger partial charge in [0, 0.05) is 11.1 Å². The molecule has 2 aromatic carbocycles. The minimum absolute atomic E-state index is 0.272. The topological polar surface area (TPSA) is 98.8 Å². The number of carbonyl (C=O) groups is 2. The molecular weight excluding hydrogens is 430 g/mol. The lowest BCUT2D eigenvalue weighted by atomic mass is 10.2. The maximum absolute atomic E-state index is 12.7. The first kappa shape index (κ1) is 23.1. The number of hydrogen-bond donors (Lipinski definition) is 2. The number of anilines is 2. The molecular formula is C23H25N3O5S. The summed E-state index contributed by atoms with van der Waals surface area (Å²) in [5.74, 6) is 0.735. The highest BCUT2D eigenvalue weighted by Gasteiger charge is 2.19. The Bertz CT molecular complexity index is 1120. The molecule has 3 aromatic rings. The average molecular weight is 456 g/mol. The normalized spacial score (nSPS) is 10.9. The largest absolute Gasteiger partial charge is 0.496 e. The highest BCUT2D eigenvalue weighted by atomic mass is 32.1. The Hall–Kier alpha value is -3.59. The molecule has 1 heterocycles. The van der Waals surface area contributed by atoms with E-state index in [1.807, 2.05) is 24.3 Å². The molecule has 0 radical (unpaired) electrons. The molecule has 32 heavy (non-hydrogen) atoms. The van der Waals surface area contributed by atoms with Crippen LogP contribution in [0.3, 0.4) is 0 Å². The molecule has 0 fully saturated rings. The third-order valence-corrected chi connectivity index (χ3v) is 5.04. The molecule has 0 aliphatic rings. The van der Waals surface area contributed by atoms with Gasteiger partial charge in [-0.2, -0.15) is 0 Å². The fourth-order valence-corrected chi connectivity index (χ4v) is 3.64. The smallest absolute Gasteiger partial charge is 0.412 e. The average Bonchev–Trinajstić information content (AvgIpc) is 3.23. The van der Waals surface area contributed by atoms with E-state index in [-0.39, 0.29) is 11.6 Å². The minimum Gasteiger partial charge on any atom is -0.496 e. The second-order valence-electron chi connectivity index (χ2n) is 7.73. The van der Waals surface area contributed by atoms with Crippen molar-refractivity contribution in [2.45, 2.75) is 26.4 Å². The minimum atomic E-state index is -0.646. The standard InChI is InChI=1S/C23H25N3O5S/c1-23(2,3)31-22(28)26-16-12-14(10-11-19(16)30-5)24-20(27)17-13-32-21(25-17)15-8-6-7-9-18(15)29-4/h6-13H,1-5H3,(H,24,27)(H,26,28). The summed E-state index contributed by atoms with van der Waals surface area (Å²) in [6, 6.07) is 12.4. The van der Waals surface area contributed by atoms with Crippen LogP contribution in [-0.2, 0) is 4.74 Å². The van der Waals surface area contributed by atoms with Crippen molar-refractivity contribution in [2.75, 3.05) is 24.9 Å². The Morgan fingerprint density at radius 2 is 1.69 bits per heavy atom. The van der Waals surface area contributed by atoms with Gasteiger partial charge in [-0.1, -0.05) is 12.1 Å². The highest BCUT2D eigenvalue weighted by molar-refractivity contribution is 7.13. The number of hydrogen-bond acceptors (Lipinski definition) is 7. The number of nitrogens with one attached hydrogen (secondary N) is 2. The van der Waals surface area contributed by atoms with Crippen molar-refractivity contribution in [3.8, 4) is 22.1 Å². The Labute approximate surface area is 190 Å². The number of amides is 2. The van der Waals surface area contributed by atoms with Crippen molar-refractivity contribution in [3.63, 3.8) is 0 Å². The summed E-state index contributed by atoms with van der Waals surface area (Å²) in [7, 11) is 3.08. The van der Waals surface area contributed by atoms with Crippen molar-refractivity contribution in [2.24, 2.45) is 0 Å². The molecule has 0 unspecified atom stereocenters. The van der Waals surface area contributed by atoms with Gasteiger partial charge < -0.3 is 19.5 Å². The van der Waals surface area contributed by atoms with Crippen LogP contribution in [0.15, 0.2) is 47.8 Å². The Morgan fingerprint density at radius 1 is 0.969 bits per heavy atom. The van der Waals surface area contributed by atoms with Crippen molar-refractivity contribution in [1.82, 2.24) is 4.98 Å². The summed E-state index contributed by atoms with van der Waals surface area (Å²) in [6.07, 6.45) is -0.625. The Morgan fingerprint density at radius 3 is 2.38 bits per heavy atom. The zero-order chi connectivity index (χ0) is 23.3. The van der Waals surface area contributed by atoms with E-state index in [0.717, 1.165) is 5.56 Å². The number of rotatable bonds is 6. The van der Waals surface area contributed by atoms with Gasteiger partial charge >= 0.3 is 6.09 Å². The summed E-state index contributed by atoms with van der Waals surface area (Å²) in [5.41, 5.74) is 1.27. The summed E-state index contributed by atoms with van der Waals surface area (Å²) >= 11 is 1.35. The zero-order valence-electron chi connectivity index (χ0n) is 18.5. The fourth-order valence-electron chi connectivity index (χ4n) is 2.82. The molecule has 0 saturated carbocycles. The van der Waals surface area contributed by atoms with Crippen LogP contribution in [0.1, 0.15) is 31.3 Å². The monoisotopic (exact) mass is 455 g/mol. The first-order valence-electron chi connectivity index (χ1n) is 9.78. The van der Waals surface area contributed by atoms with E-state index >= 15 is 0 Å². The number of aromatic nitrogens is 1. The van der Waals surface area contributed by atoms with Gasteiger partial charge in [-0.15, -0.1) is 11.3 Å². The summed E-state index contributed by atoms with van der Waals surface area (Å²) < 4.78 is 15.9. The first-order valence-corrected chi connectivity index (χ1v) is 10.7. The number of ether oxygens (including phenoxy) is 3. The first-order chi connectivity index (χ1) is 15.2. The van der Waals surface area contributed by atoms with E-state index in [9.17, 15) is 9.59 Å². The van der Waals surface area contributed by atoms with E-state index in [0.29, 0.717) is 27.9 Å². The van der Waals surface area contributed by atoms with Crippen LogP contribution in [0.25, 0.3) is 10.6 Å². The Kier molecular flexibility index (Phi) is 6.99. The van der Waals surface area contributed by atoms with Gasteiger partial charge in [0.05, 0.1) is 25.5 Å². The number of methoxy groups -OCH3 is 2. The third kappa shape index (κ3) is 5.76. The number of para-hydroxylation sites is 1. The molecule has 0 saturated heterocycles. The van der Waals surface area contributed by atoms with Gasteiger partial charge in [0.2, 0.25) is 0 Å². The summed E-state index contributed by atoms with van der Waals surface area (Å²) in [4.78, 5) is 29.3. The maximum Gasteiger partial charge on any atom is 0.412 e. The lowest BCUT2D eigenvalue weighted by Crippen LogP contribution is -2.27. The molecule has 2 N–H and O–H groups in total. The van der Waals surface area contributed by atoms with E-state index < -0.39 is 11.7 Å². The molecule has 1 aromatic heterocycles. The predicted molar refractivity (Wildman–Crippen MR) is 125 cm³/mol. The van der Waals surface area contributed by atoms with Crippen molar-refractivity contribution in [1.29, 1.82) is 0 Å². The molecule has 2 amide bonds. The number of carbonyl (C=O) groups excluding carboxylic acids is 2. The molecule has 0 aliphatic carbocycles. The highest BCUT2D eigenvalue weighted by Crippen LogP contribution is 2.32. The predicted octanol–water partition coefficient (Wildman–Crippen LogP) is 5.43. The van der Waals surface area contributed by atoms with E-state index in [1.165, 1.54) is 18.4 Å². The van der Waals surface area contributed by atoms with Gasteiger partial charge in [-0.3, -0.25) is 10.1 Å². The molecule has 9 heteroatoms. The molecule has 0 aliphatic heterocycles. The number of thiazole rings is 1. The molecule has 3 rings (SSSR count). The molecule has 0 spiro atoms. The Balaban J connectivity index is 1.77. The van der Waals surface area contributed by atoms with E-state index in [4.69, 9.17) is 14.2 Å². The lowest BCUT2D eigenvalue weighted by Gasteiger charge is -2.20.